The summed E-state index contributed by atoms with van der Waals surface area (Å²) in [5, 5.41) is 8.39. The normalized spacial score (nSPS) is 17.0. The van der Waals surface area contributed by atoms with E-state index in [2.05, 4.69) is 37.2 Å². The van der Waals surface area contributed by atoms with Gasteiger partial charge in [0.1, 0.15) is 12.1 Å². The predicted molar refractivity (Wildman–Crippen MR) is 91.3 cm³/mol. The highest BCUT2D eigenvalue weighted by molar-refractivity contribution is 5.86. The summed E-state index contributed by atoms with van der Waals surface area (Å²) >= 11 is 0. The van der Waals surface area contributed by atoms with Gasteiger partial charge in [-0.1, -0.05) is 6.92 Å². The first kappa shape index (κ1) is 15.5. The average Bonchev–Trinajstić information content (AvgIpc) is 2.94. The van der Waals surface area contributed by atoms with Crippen LogP contribution in [-0.4, -0.2) is 56.8 Å². The summed E-state index contributed by atoms with van der Waals surface area (Å²) in [4.78, 5) is 15.1. The van der Waals surface area contributed by atoms with Crippen molar-refractivity contribution >= 4 is 22.8 Å². The van der Waals surface area contributed by atoms with Crippen LogP contribution in [0, 0.1) is 5.92 Å². The zero-order valence-electron chi connectivity index (χ0n) is 13.7. The van der Waals surface area contributed by atoms with Crippen molar-refractivity contribution in [2.75, 3.05) is 31.5 Å². The van der Waals surface area contributed by atoms with Crippen LogP contribution in [-0.2, 0) is 7.05 Å². The molecule has 23 heavy (non-hydrogen) atoms. The van der Waals surface area contributed by atoms with Crippen LogP contribution in [0.3, 0.4) is 0 Å². The molecule has 2 aromatic heterocycles. The fraction of sp³-hybridized carbons (Fsp3) is 0.600. The molecule has 0 unspecified atom stereocenters. The highest BCUT2D eigenvalue weighted by atomic mass is 15.3. The maximum Gasteiger partial charge on any atom is 0.191 e. The van der Waals surface area contributed by atoms with Crippen LogP contribution in [0.25, 0.3) is 11.0 Å². The first-order valence-electron chi connectivity index (χ1n) is 8.06. The number of piperidine rings is 1. The zero-order chi connectivity index (χ0) is 16.2. The maximum absolute atomic E-state index is 6.08. The van der Waals surface area contributed by atoms with Crippen LogP contribution in [0.1, 0.15) is 19.8 Å². The van der Waals surface area contributed by atoms with Gasteiger partial charge in [0, 0.05) is 26.7 Å². The van der Waals surface area contributed by atoms with Crippen molar-refractivity contribution in [1.82, 2.24) is 24.6 Å². The fourth-order valence-corrected chi connectivity index (χ4v) is 2.79. The average molecular weight is 316 g/mol. The fourth-order valence-electron chi connectivity index (χ4n) is 2.79. The van der Waals surface area contributed by atoms with E-state index in [1.54, 1.807) is 17.2 Å². The van der Waals surface area contributed by atoms with Gasteiger partial charge in [-0.3, -0.25) is 9.67 Å². The molecule has 0 spiro atoms. The molecule has 0 aliphatic carbocycles. The van der Waals surface area contributed by atoms with Crippen molar-refractivity contribution in [2.45, 2.75) is 19.8 Å². The molecule has 0 atom stereocenters. The van der Waals surface area contributed by atoms with Crippen molar-refractivity contribution < 1.29 is 0 Å². The molecular weight excluding hydrogens is 292 g/mol. The third-order valence-electron chi connectivity index (χ3n) is 4.32. The van der Waals surface area contributed by atoms with Gasteiger partial charge in [0.25, 0.3) is 0 Å². The molecule has 1 aliphatic heterocycles. The summed E-state index contributed by atoms with van der Waals surface area (Å²) in [5.74, 6) is 2.22. The standard InChI is InChI=1S/C15H24N8/c1-11-3-7-23(8-4-11)15(16)18-6-5-17-13-12-9-21-22(2)14(12)20-10-19-13/h9-11H,3-8H2,1-2H3,(H2,16,18)(H,17,19,20). The molecule has 0 amide bonds. The Morgan fingerprint density at radius 1 is 1.39 bits per heavy atom. The topological polar surface area (TPSA) is 97.2 Å². The van der Waals surface area contributed by atoms with E-state index >= 15 is 0 Å². The van der Waals surface area contributed by atoms with Gasteiger partial charge in [-0.25, -0.2) is 9.97 Å². The first-order valence-corrected chi connectivity index (χ1v) is 8.06. The number of hydrogen-bond donors (Lipinski definition) is 2. The largest absolute Gasteiger partial charge is 0.370 e. The number of fused-ring (bicyclic) bond motifs is 1. The number of aromatic nitrogens is 4. The monoisotopic (exact) mass is 316 g/mol. The molecule has 0 aromatic carbocycles. The number of guanidine groups is 1. The van der Waals surface area contributed by atoms with Crippen LogP contribution in [0.2, 0.25) is 0 Å². The number of nitrogens with zero attached hydrogens (tertiary/aromatic N) is 6. The number of aliphatic imine (C=N–C) groups is 1. The summed E-state index contributed by atoms with van der Waals surface area (Å²) in [6, 6.07) is 0. The molecule has 0 bridgehead atoms. The van der Waals surface area contributed by atoms with Gasteiger partial charge in [-0.05, 0) is 18.8 Å². The lowest BCUT2D eigenvalue weighted by Gasteiger charge is -2.31. The van der Waals surface area contributed by atoms with Gasteiger partial charge >= 0.3 is 0 Å². The van der Waals surface area contributed by atoms with Crippen LogP contribution in [0.15, 0.2) is 17.5 Å². The molecule has 1 aliphatic rings. The quantitative estimate of drug-likeness (QED) is 0.492. The molecule has 1 saturated heterocycles. The van der Waals surface area contributed by atoms with E-state index in [9.17, 15) is 0 Å². The van der Waals surface area contributed by atoms with Crippen LogP contribution in [0.5, 0.6) is 0 Å². The lowest BCUT2D eigenvalue weighted by Crippen LogP contribution is -2.42. The smallest absolute Gasteiger partial charge is 0.191 e. The maximum atomic E-state index is 6.08. The molecular formula is C15H24N8. The Hall–Kier alpha value is -2.38. The lowest BCUT2D eigenvalue weighted by atomic mass is 10.00. The Balaban J connectivity index is 1.53. The lowest BCUT2D eigenvalue weighted by molar-refractivity contribution is 0.278. The number of anilines is 1. The number of nitrogens with two attached hydrogens (primary N) is 1. The Morgan fingerprint density at radius 3 is 2.96 bits per heavy atom. The van der Waals surface area contributed by atoms with E-state index in [1.807, 2.05) is 7.05 Å². The van der Waals surface area contributed by atoms with Gasteiger partial charge in [0.2, 0.25) is 0 Å². The number of aryl methyl sites for hydroxylation is 1. The second-order valence-corrected chi connectivity index (χ2v) is 6.06. The molecule has 2 aromatic rings. The third kappa shape index (κ3) is 3.52. The van der Waals surface area contributed by atoms with E-state index in [0.29, 0.717) is 19.0 Å². The van der Waals surface area contributed by atoms with Crippen molar-refractivity contribution in [3.8, 4) is 0 Å². The van der Waals surface area contributed by atoms with Gasteiger partial charge in [-0.2, -0.15) is 5.10 Å². The summed E-state index contributed by atoms with van der Waals surface area (Å²) < 4.78 is 1.73. The highest BCUT2D eigenvalue weighted by Gasteiger charge is 2.16. The molecule has 8 nitrogen and oxygen atoms in total. The minimum atomic E-state index is 0.615. The molecule has 1 fully saturated rings. The summed E-state index contributed by atoms with van der Waals surface area (Å²) in [6.07, 6.45) is 5.69. The van der Waals surface area contributed by atoms with Crippen LogP contribution < -0.4 is 11.1 Å². The predicted octanol–water partition coefficient (Wildman–Crippen LogP) is 0.822. The van der Waals surface area contributed by atoms with Gasteiger partial charge in [0.05, 0.1) is 18.1 Å². The second-order valence-electron chi connectivity index (χ2n) is 6.06. The summed E-state index contributed by atoms with van der Waals surface area (Å²) in [6.45, 7) is 5.59. The highest BCUT2D eigenvalue weighted by Crippen LogP contribution is 2.17. The Labute approximate surface area is 135 Å². The van der Waals surface area contributed by atoms with Crippen molar-refractivity contribution in [3.05, 3.63) is 12.5 Å². The van der Waals surface area contributed by atoms with E-state index in [0.717, 1.165) is 35.9 Å². The Bertz CT molecular complexity index is 684. The Kier molecular flexibility index (Phi) is 4.59. The van der Waals surface area contributed by atoms with E-state index in [4.69, 9.17) is 5.73 Å². The zero-order valence-corrected chi connectivity index (χ0v) is 13.7. The molecule has 3 heterocycles. The molecule has 8 heteroatoms. The van der Waals surface area contributed by atoms with E-state index in [1.165, 1.54) is 12.8 Å². The number of rotatable bonds is 4. The van der Waals surface area contributed by atoms with E-state index < -0.39 is 0 Å². The van der Waals surface area contributed by atoms with Crippen molar-refractivity contribution in [1.29, 1.82) is 0 Å². The first-order chi connectivity index (χ1) is 11.1. The number of likely N-dealkylation sites (tertiary alicyclic amines) is 1. The minimum absolute atomic E-state index is 0.615. The van der Waals surface area contributed by atoms with Crippen molar-refractivity contribution in [3.63, 3.8) is 0 Å². The van der Waals surface area contributed by atoms with Gasteiger partial charge in [0.15, 0.2) is 11.6 Å². The van der Waals surface area contributed by atoms with Gasteiger partial charge in [-0.15, -0.1) is 0 Å². The minimum Gasteiger partial charge on any atom is -0.370 e. The van der Waals surface area contributed by atoms with Gasteiger partial charge < -0.3 is 16.0 Å². The van der Waals surface area contributed by atoms with Crippen LogP contribution >= 0.6 is 0 Å². The second kappa shape index (κ2) is 6.80. The summed E-state index contributed by atoms with van der Waals surface area (Å²) in [7, 11) is 1.86. The SMILES string of the molecule is CC1CCN(C(N)=NCCNc2ncnc3c2cnn3C)CC1. The molecule has 0 radical (unpaired) electrons. The third-order valence-corrected chi connectivity index (χ3v) is 4.32. The van der Waals surface area contributed by atoms with Crippen molar-refractivity contribution in [2.24, 2.45) is 23.7 Å². The molecule has 3 N–H and O–H groups in total. The molecule has 0 saturated carbocycles. The molecule has 3 rings (SSSR count). The number of hydrogen-bond acceptors (Lipinski definition) is 5. The Morgan fingerprint density at radius 2 is 2.17 bits per heavy atom. The van der Waals surface area contributed by atoms with Crippen LogP contribution in [0.4, 0.5) is 5.82 Å². The van der Waals surface area contributed by atoms with E-state index in [-0.39, 0.29) is 0 Å². The molecule has 124 valence electrons. The summed E-state index contributed by atoms with van der Waals surface area (Å²) in [5.41, 5.74) is 6.89. The number of nitrogens with one attached hydrogen (secondary N) is 1.